The van der Waals surface area contributed by atoms with Crippen molar-refractivity contribution in [1.82, 2.24) is 10.6 Å². The molecule has 1 fully saturated rings. The van der Waals surface area contributed by atoms with Crippen LogP contribution < -0.4 is 10.6 Å². The summed E-state index contributed by atoms with van der Waals surface area (Å²) < 4.78 is 5.44. The zero-order chi connectivity index (χ0) is 13.7. The second-order valence-corrected chi connectivity index (χ2v) is 4.21. The van der Waals surface area contributed by atoms with Crippen LogP contribution in [0, 0.1) is 10.1 Å². The average Bonchev–Trinajstić information content (AvgIpc) is 2.46. The molecule has 1 aliphatic heterocycles. The molecule has 0 aromatic heterocycles. The fourth-order valence-corrected chi connectivity index (χ4v) is 1.82. The molecule has 1 atom stereocenters. The van der Waals surface area contributed by atoms with Crippen LogP contribution in [0.4, 0.5) is 5.69 Å². The molecule has 19 heavy (non-hydrogen) atoms. The van der Waals surface area contributed by atoms with Gasteiger partial charge in [0.15, 0.2) is 0 Å². The fourth-order valence-electron chi connectivity index (χ4n) is 1.82. The standard InChI is InChI=1S/C12H15N3O4/c16-12(14-8-11-7-13-4-5-19-11)9-2-1-3-10(6-9)15(17)18/h1-3,6,11,13H,4-5,7-8H2,(H,14,16). The maximum Gasteiger partial charge on any atom is 0.270 e. The first-order valence-electron chi connectivity index (χ1n) is 6.02. The van der Waals surface area contributed by atoms with Crippen molar-refractivity contribution < 1.29 is 14.5 Å². The van der Waals surface area contributed by atoms with Gasteiger partial charge in [0.25, 0.3) is 11.6 Å². The minimum Gasteiger partial charge on any atom is -0.374 e. The third-order valence-corrected chi connectivity index (χ3v) is 2.81. The quantitative estimate of drug-likeness (QED) is 0.603. The molecule has 1 unspecified atom stereocenters. The van der Waals surface area contributed by atoms with Gasteiger partial charge in [-0.15, -0.1) is 0 Å². The number of morpholine rings is 1. The molecule has 1 saturated heterocycles. The number of carbonyl (C=O) groups is 1. The van der Waals surface area contributed by atoms with Gasteiger partial charge >= 0.3 is 0 Å². The lowest BCUT2D eigenvalue weighted by Gasteiger charge is -2.23. The smallest absolute Gasteiger partial charge is 0.270 e. The van der Waals surface area contributed by atoms with E-state index >= 15 is 0 Å². The van der Waals surface area contributed by atoms with E-state index in [-0.39, 0.29) is 23.3 Å². The highest BCUT2D eigenvalue weighted by molar-refractivity contribution is 5.94. The summed E-state index contributed by atoms with van der Waals surface area (Å²) in [7, 11) is 0. The van der Waals surface area contributed by atoms with E-state index in [0.29, 0.717) is 19.7 Å². The summed E-state index contributed by atoms with van der Waals surface area (Å²) >= 11 is 0. The Morgan fingerprint density at radius 2 is 2.42 bits per heavy atom. The van der Waals surface area contributed by atoms with Crippen molar-refractivity contribution in [3.8, 4) is 0 Å². The molecule has 2 N–H and O–H groups in total. The van der Waals surface area contributed by atoms with Crippen molar-refractivity contribution in [2.45, 2.75) is 6.10 Å². The lowest BCUT2D eigenvalue weighted by molar-refractivity contribution is -0.384. The van der Waals surface area contributed by atoms with Crippen LogP contribution in [0.5, 0.6) is 0 Å². The first-order chi connectivity index (χ1) is 9.16. The molecule has 102 valence electrons. The van der Waals surface area contributed by atoms with Crippen LogP contribution >= 0.6 is 0 Å². The van der Waals surface area contributed by atoms with E-state index in [2.05, 4.69) is 10.6 Å². The van der Waals surface area contributed by atoms with E-state index in [0.717, 1.165) is 6.54 Å². The number of non-ortho nitro benzene ring substituents is 1. The van der Waals surface area contributed by atoms with Crippen molar-refractivity contribution in [3.63, 3.8) is 0 Å². The van der Waals surface area contributed by atoms with Crippen molar-refractivity contribution in [1.29, 1.82) is 0 Å². The lowest BCUT2D eigenvalue weighted by atomic mass is 10.2. The lowest BCUT2D eigenvalue weighted by Crippen LogP contribution is -2.45. The van der Waals surface area contributed by atoms with Gasteiger partial charge in [0.1, 0.15) is 0 Å². The Bertz CT molecular complexity index is 472. The molecule has 0 spiro atoms. The van der Waals surface area contributed by atoms with Crippen LogP contribution in [0.25, 0.3) is 0 Å². The number of hydrogen-bond donors (Lipinski definition) is 2. The van der Waals surface area contributed by atoms with Crippen LogP contribution in [0.15, 0.2) is 24.3 Å². The number of nitrogens with one attached hydrogen (secondary N) is 2. The number of rotatable bonds is 4. The predicted molar refractivity (Wildman–Crippen MR) is 68.0 cm³/mol. The molecular weight excluding hydrogens is 250 g/mol. The molecule has 0 radical (unpaired) electrons. The summed E-state index contributed by atoms with van der Waals surface area (Å²) in [4.78, 5) is 22.0. The SMILES string of the molecule is O=C(NCC1CNCCO1)c1cccc([N+](=O)[O-])c1. The molecule has 1 aliphatic rings. The second-order valence-electron chi connectivity index (χ2n) is 4.21. The first kappa shape index (κ1) is 13.4. The minimum atomic E-state index is -0.523. The molecule has 1 heterocycles. The molecule has 0 bridgehead atoms. The number of benzene rings is 1. The van der Waals surface area contributed by atoms with Gasteiger partial charge in [-0.2, -0.15) is 0 Å². The number of nitro groups is 1. The fraction of sp³-hybridized carbons (Fsp3) is 0.417. The average molecular weight is 265 g/mol. The number of carbonyl (C=O) groups excluding carboxylic acids is 1. The van der Waals surface area contributed by atoms with E-state index < -0.39 is 4.92 Å². The van der Waals surface area contributed by atoms with Gasteiger partial charge in [0.05, 0.1) is 17.6 Å². The zero-order valence-corrected chi connectivity index (χ0v) is 10.3. The van der Waals surface area contributed by atoms with Crippen LogP contribution in [0.1, 0.15) is 10.4 Å². The Hall–Kier alpha value is -1.99. The summed E-state index contributed by atoms with van der Waals surface area (Å²) in [5.41, 5.74) is 0.182. The van der Waals surface area contributed by atoms with Gasteiger partial charge < -0.3 is 15.4 Å². The maximum absolute atomic E-state index is 11.9. The Morgan fingerprint density at radius 1 is 1.58 bits per heavy atom. The molecule has 7 nitrogen and oxygen atoms in total. The number of nitrogens with zero attached hydrogens (tertiary/aromatic N) is 1. The number of ether oxygens (including phenoxy) is 1. The Labute approximate surface area is 110 Å². The normalized spacial score (nSPS) is 18.8. The molecule has 2 rings (SSSR count). The number of amides is 1. The van der Waals surface area contributed by atoms with Crippen molar-refractivity contribution in [3.05, 3.63) is 39.9 Å². The molecule has 0 saturated carbocycles. The third-order valence-electron chi connectivity index (χ3n) is 2.81. The minimum absolute atomic E-state index is 0.0589. The molecule has 1 amide bonds. The molecule has 0 aliphatic carbocycles. The summed E-state index contributed by atoms with van der Waals surface area (Å²) in [5.74, 6) is -0.335. The Balaban J connectivity index is 1.92. The zero-order valence-electron chi connectivity index (χ0n) is 10.3. The molecule has 1 aromatic rings. The second kappa shape index (κ2) is 6.26. The van der Waals surface area contributed by atoms with Crippen molar-refractivity contribution in [2.24, 2.45) is 0 Å². The van der Waals surface area contributed by atoms with Crippen LogP contribution in [-0.2, 0) is 4.74 Å². The summed E-state index contributed by atoms with van der Waals surface area (Å²) in [6, 6.07) is 5.65. The monoisotopic (exact) mass is 265 g/mol. The van der Waals surface area contributed by atoms with Crippen LogP contribution in [0.3, 0.4) is 0 Å². The molecule has 1 aromatic carbocycles. The maximum atomic E-state index is 11.9. The van der Waals surface area contributed by atoms with Gasteiger partial charge in [0.2, 0.25) is 0 Å². The van der Waals surface area contributed by atoms with Crippen molar-refractivity contribution >= 4 is 11.6 Å². The summed E-state index contributed by atoms with van der Waals surface area (Å²) in [6.07, 6.45) is -0.0589. The number of hydrogen-bond acceptors (Lipinski definition) is 5. The topological polar surface area (TPSA) is 93.5 Å². The first-order valence-corrected chi connectivity index (χ1v) is 6.02. The van der Waals surface area contributed by atoms with Gasteiger partial charge in [-0.1, -0.05) is 6.07 Å². The Morgan fingerprint density at radius 3 is 3.11 bits per heavy atom. The van der Waals surface area contributed by atoms with E-state index in [4.69, 9.17) is 4.74 Å². The summed E-state index contributed by atoms with van der Waals surface area (Å²) in [5, 5.41) is 16.5. The van der Waals surface area contributed by atoms with E-state index in [9.17, 15) is 14.9 Å². The highest BCUT2D eigenvalue weighted by atomic mass is 16.6. The van der Waals surface area contributed by atoms with Gasteiger partial charge in [-0.25, -0.2) is 0 Å². The predicted octanol–water partition coefficient (Wildman–Crippen LogP) is 0.313. The van der Waals surface area contributed by atoms with E-state index in [1.54, 1.807) is 6.07 Å². The van der Waals surface area contributed by atoms with Gasteiger partial charge in [-0.05, 0) is 6.07 Å². The van der Waals surface area contributed by atoms with Crippen LogP contribution in [-0.4, -0.2) is 43.2 Å². The largest absolute Gasteiger partial charge is 0.374 e. The van der Waals surface area contributed by atoms with Gasteiger partial charge in [0, 0.05) is 37.3 Å². The van der Waals surface area contributed by atoms with E-state index in [1.807, 2.05) is 0 Å². The Kier molecular flexibility index (Phi) is 4.43. The van der Waals surface area contributed by atoms with Crippen molar-refractivity contribution in [2.75, 3.05) is 26.2 Å². The van der Waals surface area contributed by atoms with Crippen LogP contribution in [0.2, 0.25) is 0 Å². The third kappa shape index (κ3) is 3.73. The molecular formula is C12H15N3O4. The highest BCUT2D eigenvalue weighted by Crippen LogP contribution is 2.12. The van der Waals surface area contributed by atoms with Gasteiger partial charge in [-0.3, -0.25) is 14.9 Å². The van der Waals surface area contributed by atoms with E-state index in [1.165, 1.54) is 18.2 Å². The highest BCUT2D eigenvalue weighted by Gasteiger charge is 2.16. The molecule has 7 heteroatoms. The summed E-state index contributed by atoms with van der Waals surface area (Å²) in [6.45, 7) is 2.51. The number of nitro benzene ring substituents is 1.